The van der Waals surface area contributed by atoms with Crippen molar-refractivity contribution in [3.05, 3.63) is 64.7 Å². The van der Waals surface area contributed by atoms with Crippen molar-refractivity contribution < 1.29 is 28.9 Å². The van der Waals surface area contributed by atoms with Crippen molar-refractivity contribution in [2.75, 3.05) is 46.0 Å². The molecule has 3 heterocycles. The van der Waals surface area contributed by atoms with Gasteiger partial charge in [-0.05, 0) is 61.2 Å². The summed E-state index contributed by atoms with van der Waals surface area (Å²) in [7, 11) is 0. The number of aliphatic hydroxyl groups is 1. The van der Waals surface area contributed by atoms with Crippen molar-refractivity contribution in [3.63, 3.8) is 0 Å². The van der Waals surface area contributed by atoms with Crippen LogP contribution in [0.5, 0.6) is 11.5 Å². The van der Waals surface area contributed by atoms with Crippen LogP contribution in [-0.4, -0.2) is 78.7 Å². The summed E-state index contributed by atoms with van der Waals surface area (Å²) in [5, 5.41) is 11.5. The van der Waals surface area contributed by atoms with Gasteiger partial charge in [-0.2, -0.15) is 0 Å². The summed E-state index contributed by atoms with van der Waals surface area (Å²) in [6.07, 6.45) is 3.46. The van der Waals surface area contributed by atoms with Crippen LogP contribution >= 0.6 is 0 Å². The molecule has 1 amide bonds. The maximum absolute atomic E-state index is 13.5. The minimum atomic E-state index is -0.701. The van der Waals surface area contributed by atoms with Crippen molar-refractivity contribution in [3.8, 4) is 11.5 Å². The van der Waals surface area contributed by atoms with Gasteiger partial charge in [-0.1, -0.05) is 25.5 Å². The fourth-order valence-corrected chi connectivity index (χ4v) is 5.58. The van der Waals surface area contributed by atoms with E-state index in [0.29, 0.717) is 44.1 Å². The summed E-state index contributed by atoms with van der Waals surface area (Å²) in [4.78, 5) is 30.8. The zero-order chi connectivity index (χ0) is 27.4. The summed E-state index contributed by atoms with van der Waals surface area (Å²) in [6, 6.07) is 12.3. The highest BCUT2D eigenvalue weighted by molar-refractivity contribution is 6.46. The number of hydrogen-bond acceptors (Lipinski definition) is 7. The van der Waals surface area contributed by atoms with Crippen LogP contribution in [0.2, 0.25) is 0 Å². The monoisotopic (exact) mass is 534 g/mol. The lowest BCUT2D eigenvalue weighted by molar-refractivity contribution is -0.140. The number of Topliss-reactive ketones (excluding diaryl/α,β-unsaturated/α-hetero) is 1. The lowest BCUT2D eigenvalue weighted by Gasteiger charge is -2.29. The van der Waals surface area contributed by atoms with Gasteiger partial charge in [0.2, 0.25) is 0 Å². The number of benzene rings is 2. The van der Waals surface area contributed by atoms with Crippen LogP contribution in [0.3, 0.4) is 0 Å². The van der Waals surface area contributed by atoms with Gasteiger partial charge in [-0.25, -0.2) is 0 Å². The summed E-state index contributed by atoms with van der Waals surface area (Å²) in [6.45, 7) is 9.05. The van der Waals surface area contributed by atoms with Crippen LogP contribution in [0.1, 0.15) is 55.8 Å². The van der Waals surface area contributed by atoms with E-state index in [1.165, 1.54) is 0 Å². The highest BCUT2D eigenvalue weighted by Crippen LogP contribution is 2.41. The molecule has 208 valence electrons. The third-order valence-electron chi connectivity index (χ3n) is 7.63. The van der Waals surface area contributed by atoms with Gasteiger partial charge in [-0.3, -0.25) is 14.5 Å². The Kier molecular flexibility index (Phi) is 8.53. The smallest absolute Gasteiger partial charge is 0.295 e. The number of amides is 1. The Morgan fingerprint density at radius 1 is 1.08 bits per heavy atom. The van der Waals surface area contributed by atoms with E-state index in [2.05, 4.69) is 11.8 Å². The first-order valence-corrected chi connectivity index (χ1v) is 14.1. The molecule has 0 unspecified atom stereocenters. The van der Waals surface area contributed by atoms with Crippen LogP contribution in [0, 0.1) is 0 Å². The first-order valence-electron chi connectivity index (χ1n) is 14.1. The predicted octanol–water partition coefficient (Wildman–Crippen LogP) is 4.33. The first-order chi connectivity index (χ1) is 19.0. The molecule has 3 aliphatic rings. The zero-order valence-electron chi connectivity index (χ0n) is 22.9. The van der Waals surface area contributed by atoms with Crippen LogP contribution in [0.25, 0.3) is 5.76 Å². The average Bonchev–Trinajstić information content (AvgIpc) is 3.44. The molecular formula is C31H38N2O6. The third-order valence-corrected chi connectivity index (χ3v) is 7.63. The maximum atomic E-state index is 13.5. The van der Waals surface area contributed by atoms with E-state index in [0.717, 1.165) is 55.8 Å². The number of morpholine rings is 1. The number of ether oxygens (including phenoxy) is 3. The number of aliphatic hydroxyl groups excluding tert-OH is 1. The highest BCUT2D eigenvalue weighted by atomic mass is 16.5. The Morgan fingerprint density at radius 2 is 1.90 bits per heavy atom. The molecule has 1 N–H and O–H groups in total. The first kappa shape index (κ1) is 27.2. The summed E-state index contributed by atoms with van der Waals surface area (Å²) in [5.41, 5.74) is 2.35. The molecule has 2 atom stereocenters. The second-order valence-electron chi connectivity index (χ2n) is 10.5. The predicted molar refractivity (Wildman–Crippen MR) is 148 cm³/mol. The number of hydrogen-bond donors (Lipinski definition) is 1. The molecular weight excluding hydrogens is 496 g/mol. The van der Waals surface area contributed by atoms with Crippen molar-refractivity contribution in [2.24, 2.45) is 0 Å². The molecule has 0 aliphatic carbocycles. The SMILES string of the molecule is CCCCOc1cccc([C@@H]2C(=C(O)c3ccc4c(c3)C[C@H](C)O4)C(=O)C(=O)N2CCCN2CCOCC2)c1. The fraction of sp³-hybridized carbons (Fsp3) is 0.484. The number of likely N-dealkylation sites (tertiary alicyclic amines) is 1. The molecule has 2 aromatic carbocycles. The van der Waals surface area contributed by atoms with Crippen molar-refractivity contribution in [1.82, 2.24) is 9.80 Å². The van der Waals surface area contributed by atoms with E-state index in [9.17, 15) is 14.7 Å². The van der Waals surface area contributed by atoms with Gasteiger partial charge >= 0.3 is 0 Å². The lowest BCUT2D eigenvalue weighted by Crippen LogP contribution is -2.38. The average molecular weight is 535 g/mol. The summed E-state index contributed by atoms with van der Waals surface area (Å²) < 4.78 is 17.2. The Bertz CT molecular complexity index is 1240. The second kappa shape index (κ2) is 12.2. The largest absolute Gasteiger partial charge is 0.507 e. The van der Waals surface area contributed by atoms with Gasteiger partial charge in [0.1, 0.15) is 23.4 Å². The number of carbonyl (C=O) groups is 2. The summed E-state index contributed by atoms with van der Waals surface area (Å²) >= 11 is 0. The molecule has 5 rings (SSSR count). The molecule has 2 aromatic rings. The Hall–Kier alpha value is -3.36. The molecule has 2 fully saturated rings. The molecule has 0 radical (unpaired) electrons. The lowest BCUT2D eigenvalue weighted by atomic mass is 9.94. The van der Waals surface area contributed by atoms with Gasteiger partial charge in [0.05, 0.1) is 31.4 Å². The highest BCUT2D eigenvalue weighted by Gasteiger charge is 2.46. The maximum Gasteiger partial charge on any atom is 0.295 e. The second-order valence-corrected chi connectivity index (χ2v) is 10.5. The number of rotatable bonds is 10. The van der Waals surface area contributed by atoms with Crippen molar-refractivity contribution in [1.29, 1.82) is 0 Å². The van der Waals surface area contributed by atoms with Gasteiger partial charge in [-0.15, -0.1) is 0 Å². The molecule has 8 heteroatoms. The molecule has 0 spiro atoms. The van der Waals surface area contributed by atoms with Gasteiger partial charge in [0.25, 0.3) is 11.7 Å². The minimum Gasteiger partial charge on any atom is -0.507 e. The minimum absolute atomic E-state index is 0.0601. The molecule has 2 saturated heterocycles. The van der Waals surface area contributed by atoms with E-state index >= 15 is 0 Å². The number of unbranched alkanes of at least 4 members (excludes halogenated alkanes) is 1. The van der Waals surface area contributed by atoms with Crippen LogP contribution in [0.15, 0.2) is 48.0 Å². The van der Waals surface area contributed by atoms with Crippen molar-refractivity contribution in [2.45, 2.75) is 51.7 Å². The van der Waals surface area contributed by atoms with Crippen LogP contribution < -0.4 is 9.47 Å². The van der Waals surface area contributed by atoms with E-state index in [-0.39, 0.29) is 17.4 Å². The molecule has 3 aliphatic heterocycles. The Morgan fingerprint density at radius 3 is 2.69 bits per heavy atom. The number of ketones is 1. The Balaban J connectivity index is 1.48. The Labute approximate surface area is 230 Å². The quantitative estimate of drug-likeness (QED) is 0.210. The summed E-state index contributed by atoms with van der Waals surface area (Å²) in [5.74, 6) is 0.0681. The molecule has 0 aromatic heterocycles. The van der Waals surface area contributed by atoms with Gasteiger partial charge in [0.15, 0.2) is 0 Å². The third kappa shape index (κ3) is 5.97. The van der Waals surface area contributed by atoms with E-state index in [1.54, 1.807) is 11.0 Å². The van der Waals surface area contributed by atoms with E-state index in [1.807, 2.05) is 43.3 Å². The number of carbonyl (C=O) groups excluding carboxylic acids is 2. The van der Waals surface area contributed by atoms with Crippen molar-refractivity contribution >= 4 is 17.4 Å². The zero-order valence-corrected chi connectivity index (χ0v) is 22.9. The molecule has 0 bridgehead atoms. The molecule has 39 heavy (non-hydrogen) atoms. The van der Waals surface area contributed by atoms with E-state index in [4.69, 9.17) is 14.2 Å². The standard InChI is InChI=1S/C31H38N2O6/c1-3-4-15-38-25-8-5-7-22(20-25)28-27(29(34)23-9-10-26-24(19-23)18-21(2)39-26)30(35)31(36)33(28)12-6-11-32-13-16-37-17-14-32/h5,7-10,19-21,28,34H,3-4,6,11-18H2,1-2H3/t21-,28+/m0/s1. The number of nitrogens with zero attached hydrogens (tertiary/aromatic N) is 2. The van der Waals surface area contributed by atoms with Gasteiger partial charge < -0.3 is 24.2 Å². The fourth-order valence-electron chi connectivity index (χ4n) is 5.58. The molecule has 0 saturated carbocycles. The van der Waals surface area contributed by atoms with E-state index < -0.39 is 17.7 Å². The van der Waals surface area contributed by atoms with Crippen LogP contribution in [0.4, 0.5) is 0 Å². The normalized spacial score (nSPS) is 22.7. The van der Waals surface area contributed by atoms with Crippen LogP contribution in [-0.2, 0) is 20.7 Å². The topological polar surface area (TPSA) is 88.5 Å². The van der Waals surface area contributed by atoms with Gasteiger partial charge in [0, 0.05) is 38.2 Å². The number of fused-ring (bicyclic) bond motifs is 1. The molecule has 8 nitrogen and oxygen atoms in total.